The Kier molecular flexibility index (Phi) is 9.66. The van der Waals surface area contributed by atoms with Crippen LogP contribution in [0.5, 0.6) is 0 Å². The minimum absolute atomic E-state index is 0.0481. The lowest BCUT2D eigenvalue weighted by Gasteiger charge is -2.03. The topological polar surface area (TPSA) is 76.3 Å². The summed E-state index contributed by atoms with van der Waals surface area (Å²) in [5, 5.41) is 7.38. The first-order chi connectivity index (χ1) is 8.74. The van der Waals surface area contributed by atoms with E-state index in [9.17, 15) is 0 Å². The smallest absolute Gasteiger partial charge is 0.324 e. The standard InChI is InChI=1S/C12H17N3O3/c1-4-7-16-10-14-12(18-9-6-3)15-11(13)17-8-5-2/h4-6,10,13H,1-3,7-9H2. The van der Waals surface area contributed by atoms with Gasteiger partial charge in [0.25, 0.3) is 0 Å². The molecular weight excluding hydrogens is 234 g/mol. The van der Waals surface area contributed by atoms with Crippen molar-refractivity contribution >= 4 is 18.4 Å². The molecule has 0 saturated carbocycles. The van der Waals surface area contributed by atoms with Crippen molar-refractivity contribution in [2.75, 3.05) is 19.8 Å². The minimum atomic E-state index is -0.324. The fraction of sp³-hybridized carbons (Fsp3) is 0.250. The van der Waals surface area contributed by atoms with Gasteiger partial charge < -0.3 is 14.2 Å². The maximum atomic E-state index is 7.38. The third-order valence-electron chi connectivity index (χ3n) is 1.32. The highest BCUT2D eigenvalue weighted by atomic mass is 16.5. The molecular formula is C12H17N3O3. The summed E-state index contributed by atoms with van der Waals surface area (Å²) < 4.78 is 14.9. The SMILES string of the molecule is C=CCOC=NC(=NC(=N)OCC=C)OCC=C. The number of nitrogens with zero attached hydrogens (tertiary/aromatic N) is 2. The molecule has 0 amide bonds. The third kappa shape index (κ3) is 8.90. The molecule has 0 saturated heterocycles. The quantitative estimate of drug-likeness (QED) is 0.325. The van der Waals surface area contributed by atoms with Gasteiger partial charge in [0.1, 0.15) is 19.8 Å². The van der Waals surface area contributed by atoms with Gasteiger partial charge in [0.15, 0.2) is 6.40 Å². The molecule has 0 aromatic heterocycles. The molecule has 0 heterocycles. The summed E-state index contributed by atoms with van der Waals surface area (Å²) in [5.74, 6) is 0. The second kappa shape index (κ2) is 11.1. The van der Waals surface area contributed by atoms with Crippen LogP contribution in [0.3, 0.4) is 0 Å². The molecule has 0 aliphatic carbocycles. The summed E-state index contributed by atoms with van der Waals surface area (Å²) in [6.07, 6.45) is 5.77. The van der Waals surface area contributed by atoms with Gasteiger partial charge in [-0.3, -0.25) is 0 Å². The lowest BCUT2D eigenvalue weighted by molar-refractivity contribution is 0.325. The average Bonchev–Trinajstić information content (AvgIpc) is 2.38. The van der Waals surface area contributed by atoms with Crippen LogP contribution < -0.4 is 0 Å². The second-order valence-corrected chi connectivity index (χ2v) is 2.76. The van der Waals surface area contributed by atoms with Crippen molar-refractivity contribution in [1.29, 1.82) is 5.41 Å². The number of hydrogen-bond donors (Lipinski definition) is 1. The lowest BCUT2D eigenvalue weighted by Crippen LogP contribution is -2.09. The van der Waals surface area contributed by atoms with Crippen LogP contribution in [-0.4, -0.2) is 38.3 Å². The monoisotopic (exact) mass is 251 g/mol. The summed E-state index contributed by atoms with van der Waals surface area (Å²) in [5.41, 5.74) is 0. The first kappa shape index (κ1) is 15.6. The maximum absolute atomic E-state index is 7.38. The molecule has 0 aliphatic rings. The number of ether oxygens (including phenoxy) is 3. The molecule has 0 spiro atoms. The predicted molar refractivity (Wildman–Crippen MR) is 72.1 cm³/mol. The van der Waals surface area contributed by atoms with Crippen LogP contribution in [0.15, 0.2) is 47.9 Å². The fourth-order valence-corrected chi connectivity index (χ4v) is 0.682. The Labute approximate surface area is 107 Å². The largest absolute Gasteiger partial charge is 0.479 e. The zero-order valence-electron chi connectivity index (χ0n) is 10.2. The number of amidine groups is 2. The van der Waals surface area contributed by atoms with Gasteiger partial charge in [0.05, 0.1) is 0 Å². The first-order valence-electron chi connectivity index (χ1n) is 5.14. The van der Waals surface area contributed by atoms with Crippen LogP contribution in [0.1, 0.15) is 0 Å². The summed E-state index contributed by atoms with van der Waals surface area (Å²) in [6, 6.07) is -0.372. The maximum Gasteiger partial charge on any atom is 0.324 e. The second-order valence-electron chi connectivity index (χ2n) is 2.76. The van der Waals surface area contributed by atoms with Crippen molar-refractivity contribution in [3.05, 3.63) is 38.0 Å². The van der Waals surface area contributed by atoms with Crippen LogP contribution in [0.4, 0.5) is 0 Å². The van der Waals surface area contributed by atoms with Gasteiger partial charge in [0.2, 0.25) is 0 Å². The molecule has 0 aromatic rings. The summed E-state index contributed by atoms with van der Waals surface area (Å²) >= 11 is 0. The van der Waals surface area contributed by atoms with E-state index in [0.29, 0.717) is 6.61 Å². The summed E-state index contributed by atoms with van der Waals surface area (Å²) in [7, 11) is 0. The Bertz CT molecular complexity index is 348. The van der Waals surface area contributed by atoms with Gasteiger partial charge in [-0.15, -0.1) is 4.99 Å². The van der Waals surface area contributed by atoms with E-state index < -0.39 is 0 Å². The molecule has 0 bridgehead atoms. The third-order valence-corrected chi connectivity index (χ3v) is 1.32. The molecule has 0 atom stereocenters. The molecule has 0 rings (SSSR count). The van der Waals surface area contributed by atoms with Crippen molar-refractivity contribution in [2.24, 2.45) is 9.98 Å². The van der Waals surface area contributed by atoms with Gasteiger partial charge in [-0.25, -0.2) is 5.41 Å². The Morgan fingerprint density at radius 1 is 1.00 bits per heavy atom. The molecule has 0 radical (unpaired) electrons. The van der Waals surface area contributed by atoms with Gasteiger partial charge in [-0.05, 0) is 0 Å². The van der Waals surface area contributed by atoms with E-state index in [2.05, 4.69) is 29.7 Å². The Balaban J connectivity index is 4.43. The number of rotatable bonds is 7. The highest BCUT2D eigenvalue weighted by Gasteiger charge is 2.00. The van der Waals surface area contributed by atoms with E-state index in [0.717, 1.165) is 6.40 Å². The van der Waals surface area contributed by atoms with E-state index >= 15 is 0 Å². The molecule has 18 heavy (non-hydrogen) atoms. The first-order valence-corrected chi connectivity index (χ1v) is 5.14. The van der Waals surface area contributed by atoms with E-state index in [1.807, 2.05) is 0 Å². The summed E-state index contributed by atoms with van der Waals surface area (Å²) in [4.78, 5) is 7.49. The van der Waals surface area contributed by atoms with E-state index in [1.54, 1.807) is 6.08 Å². The lowest BCUT2D eigenvalue weighted by atomic mass is 10.7. The van der Waals surface area contributed by atoms with Gasteiger partial charge in [-0.2, -0.15) is 4.99 Å². The Morgan fingerprint density at radius 2 is 1.61 bits per heavy atom. The fourth-order valence-electron chi connectivity index (χ4n) is 0.682. The predicted octanol–water partition coefficient (Wildman–Crippen LogP) is 1.91. The number of hydrogen-bond acceptors (Lipinski definition) is 4. The van der Waals surface area contributed by atoms with Crippen molar-refractivity contribution in [3.63, 3.8) is 0 Å². The Morgan fingerprint density at radius 3 is 2.22 bits per heavy atom. The van der Waals surface area contributed by atoms with Gasteiger partial charge >= 0.3 is 12.0 Å². The molecule has 0 fully saturated rings. The van der Waals surface area contributed by atoms with Crippen molar-refractivity contribution in [1.82, 2.24) is 0 Å². The van der Waals surface area contributed by atoms with Crippen LogP contribution in [-0.2, 0) is 14.2 Å². The van der Waals surface area contributed by atoms with Crippen LogP contribution >= 0.6 is 0 Å². The van der Waals surface area contributed by atoms with Crippen molar-refractivity contribution < 1.29 is 14.2 Å². The molecule has 1 N–H and O–H groups in total. The molecule has 0 aromatic carbocycles. The van der Waals surface area contributed by atoms with E-state index in [-0.39, 0.29) is 25.3 Å². The van der Waals surface area contributed by atoms with Gasteiger partial charge in [0, 0.05) is 0 Å². The molecule has 0 unspecified atom stereocenters. The molecule has 98 valence electrons. The number of aliphatic imine (C=N–C) groups is 2. The Hall–Kier alpha value is -2.37. The van der Waals surface area contributed by atoms with Crippen LogP contribution in [0.2, 0.25) is 0 Å². The van der Waals surface area contributed by atoms with E-state index in [4.69, 9.17) is 19.6 Å². The van der Waals surface area contributed by atoms with Crippen molar-refractivity contribution in [3.8, 4) is 0 Å². The van der Waals surface area contributed by atoms with Crippen LogP contribution in [0.25, 0.3) is 0 Å². The number of nitrogens with one attached hydrogen (secondary N) is 1. The zero-order valence-corrected chi connectivity index (χ0v) is 10.2. The normalized spacial score (nSPS) is 10.8. The minimum Gasteiger partial charge on any atom is -0.479 e. The summed E-state index contributed by atoms with van der Waals surface area (Å²) in [6.45, 7) is 11.2. The zero-order chi connectivity index (χ0) is 13.6. The molecule has 6 heteroatoms. The van der Waals surface area contributed by atoms with Gasteiger partial charge in [-0.1, -0.05) is 38.0 Å². The molecule has 6 nitrogen and oxygen atoms in total. The highest BCUT2D eigenvalue weighted by molar-refractivity contribution is 5.91. The van der Waals surface area contributed by atoms with Crippen LogP contribution in [0, 0.1) is 5.41 Å². The van der Waals surface area contributed by atoms with Crippen molar-refractivity contribution in [2.45, 2.75) is 0 Å². The molecule has 0 aliphatic heterocycles. The van der Waals surface area contributed by atoms with E-state index in [1.165, 1.54) is 12.2 Å². The average molecular weight is 251 g/mol. The highest BCUT2D eigenvalue weighted by Crippen LogP contribution is 1.90.